The summed E-state index contributed by atoms with van der Waals surface area (Å²) in [6.45, 7) is 8.17. The predicted octanol–water partition coefficient (Wildman–Crippen LogP) is 1.78. The van der Waals surface area contributed by atoms with Crippen molar-refractivity contribution in [1.29, 1.82) is 0 Å². The van der Waals surface area contributed by atoms with E-state index in [2.05, 4.69) is 31.0 Å². The number of hydrogen-bond donors (Lipinski definition) is 1. The van der Waals surface area contributed by atoms with Crippen LogP contribution in [-0.2, 0) is 4.79 Å². The summed E-state index contributed by atoms with van der Waals surface area (Å²) in [5.74, 6) is 0.327. The first kappa shape index (κ1) is 12.5. The van der Waals surface area contributed by atoms with Crippen LogP contribution in [0.2, 0.25) is 0 Å². The topological polar surface area (TPSA) is 32.3 Å². The highest BCUT2D eigenvalue weighted by Crippen LogP contribution is 2.26. The number of nitrogens with zero attached hydrogens (tertiary/aromatic N) is 1. The smallest absolute Gasteiger partial charge is 0.224 e. The van der Waals surface area contributed by atoms with Crippen molar-refractivity contribution in [1.82, 2.24) is 10.2 Å². The Morgan fingerprint density at radius 1 is 1.40 bits per heavy atom. The quantitative estimate of drug-likeness (QED) is 0.704. The van der Waals surface area contributed by atoms with E-state index in [9.17, 15) is 4.79 Å². The molecule has 1 aliphatic heterocycles. The average molecular weight is 212 g/mol. The van der Waals surface area contributed by atoms with Crippen molar-refractivity contribution >= 4 is 5.91 Å². The van der Waals surface area contributed by atoms with Crippen LogP contribution in [0.15, 0.2) is 0 Å². The van der Waals surface area contributed by atoms with Crippen molar-refractivity contribution in [2.24, 2.45) is 0 Å². The first-order valence-electron chi connectivity index (χ1n) is 6.22. The molecule has 0 aromatic rings. The molecule has 3 heteroatoms. The van der Waals surface area contributed by atoms with E-state index >= 15 is 0 Å². The fourth-order valence-corrected chi connectivity index (χ4v) is 2.42. The molecule has 0 bridgehead atoms. The predicted molar refractivity (Wildman–Crippen MR) is 62.8 cm³/mol. The van der Waals surface area contributed by atoms with E-state index in [1.165, 1.54) is 12.8 Å². The zero-order chi connectivity index (χ0) is 11.3. The minimum absolute atomic E-state index is 0.327. The molecule has 0 aromatic heterocycles. The minimum atomic E-state index is 0.327. The molecule has 1 rings (SSSR count). The Morgan fingerprint density at radius 2 is 2.13 bits per heavy atom. The summed E-state index contributed by atoms with van der Waals surface area (Å²) in [6, 6.07) is 0.943. The molecule has 1 amide bonds. The Labute approximate surface area is 93.2 Å². The van der Waals surface area contributed by atoms with Gasteiger partial charge in [-0.25, -0.2) is 0 Å². The lowest BCUT2D eigenvalue weighted by Crippen LogP contribution is -2.40. The summed E-state index contributed by atoms with van der Waals surface area (Å²) < 4.78 is 0. The van der Waals surface area contributed by atoms with E-state index in [4.69, 9.17) is 0 Å². The van der Waals surface area contributed by atoms with Gasteiger partial charge in [-0.15, -0.1) is 0 Å². The summed E-state index contributed by atoms with van der Waals surface area (Å²) in [5.41, 5.74) is 0. The summed E-state index contributed by atoms with van der Waals surface area (Å²) in [5, 5.41) is 3.20. The molecule has 0 radical (unpaired) electrons. The van der Waals surface area contributed by atoms with Gasteiger partial charge in [-0.05, 0) is 32.7 Å². The molecule has 15 heavy (non-hydrogen) atoms. The third kappa shape index (κ3) is 3.20. The number of likely N-dealkylation sites (tertiary alicyclic amines) is 1. The van der Waals surface area contributed by atoms with Gasteiger partial charge in [-0.3, -0.25) is 4.79 Å². The number of carbonyl (C=O) groups is 1. The normalized spacial score (nSPS) is 25.9. The summed E-state index contributed by atoms with van der Waals surface area (Å²) in [6.07, 6.45) is 4.10. The van der Waals surface area contributed by atoms with Crippen LogP contribution in [0.3, 0.4) is 0 Å². The van der Waals surface area contributed by atoms with Crippen molar-refractivity contribution in [2.75, 3.05) is 13.1 Å². The van der Waals surface area contributed by atoms with E-state index in [1.54, 1.807) is 0 Å². The lowest BCUT2D eigenvalue weighted by atomic mass is 10.1. The van der Waals surface area contributed by atoms with Gasteiger partial charge in [-0.1, -0.05) is 13.8 Å². The molecule has 0 aliphatic carbocycles. The van der Waals surface area contributed by atoms with Crippen molar-refractivity contribution < 1.29 is 4.79 Å². The van der Waals surface area contributed by atoms with Gasteiger partial charge < -0.3 is 10.2 Å². The van der Waals surface area contributed by atoms with Crippen LogP contribution in [0.4, 0.5) is 0 Å². The lowest BCUT2D eigenvalue weighted by molar-refractivity contribution is -0.133. The van der Waals surface area contributed by atoms with Crippen LogP contribution >= 0.6 is 0 Å². The Balaban J connectivity index is 2.41. The second-order valence-electron chi connectivity index (χ2n) is 4.39. The fourth-order valence-electron chi connectivity index (χ4n) is 2.42. The molecule has 0 aromatic carbocycles. The molecule has 1 N–H and O–H groups in total. The number of rotatable bonds is 5. The third-order valence-corrected chi connectivity index (χ3v) is 3.31. The maximum absolute atomic E-state index is 12.0. The number of amides is 1. The lowest BCUT2D eigenvalue weighted by Gasteiger charge is -2.28. The maximum atomic E-state index is 12.0. The molecule has 1 fully saturated rings. The van der Waals surface area contributed by atoms with Crippen LogP contribution in [0, 0.1) is 0 Å². The third-order valence-electron chi connectivity index (χ3n) is 3.31. The van der Waals surface area contributed by atoms with Crippen LogP contribution in [0.25, 0.3) is 0 Å². The van der Waals surface area contributed by atoms with Crippen LogP contribution in [0.1, 0.15) is 46.5 Å². The molecule has 1 aliphatic rings. The molecule has 2 atom stereocenters. The largest absolute Gasteiger partial charge is 0.337 e. The van der Waals surface area contributed by atoms with Crippen molar-refractivity contribution in [3.05, 3.63) is 0 Å². The van der Waals surface area contributed by atoms with E-state index in [0.717, 1.165) is 19.5 Å². The van der Waals surface area contributed by atoms with Gasteiger partial charge >= 0.3 is 0 Å². The van der Waals surface area contributed by atoms with Crippen LogP contribution < -0.4 is 5.32 Å². The van der Waals surface area contributed by atoms with Crippen LogP contribution in [0.5, 0.6) is 0 Å². The second kappa shape index (κ2) is 6.11. The van der Waals surface area contributed by atoms with Crippen LogP contribution in [-0.4, -0.2) is 36.0 Å². The zero-order valence-corrected chi connectivity index (χ0v) is 10.3. The van der Waals surface area contributed by atoms with Gasteiger partial charge in [0.05, 0.1) is 0 Å². The number of hydrogen-bond acceptors (Lipinski definition) is 2. The standard InChI is InChI=1S/C12H24N2O/c1-4-11-7-6-10(3)14(11)12(15)8-9-13-5-2/h10-11,13H,4-9H2,1-3H3. The summed E-state index contributed by atoms with van der Waals surface area (Å²) in [7, 11) is 0. The molecule has 0 saturated carbocycles. The van der Waals surface area contributed by atoms with Gasteiger partial charge in [0.1, 0.15) is 0 Å². The number of nitrogens with one attached hydrogen (secondary N) is 1. The Morgan fingerprint density at radius 3 is 2.73 bits per heavy atom. The minimum Gasteiger partial charge on any atom is -0.337 e. The van der Waals surface area contributed by atoms with Gasteiger partial charge in [0, 0.05) is 25.0 Å². The van der Waals surface area contributed by atoms with E-state index < -0.39 is 0 Å². The highest BCUT2D eigenvalue weighted by molar-refractivity contribution is 5.77. The molecule has 1 saturated heterocycles. The molecule has 1 heterocycles. The van der Waals surface area contributed by atoms with Gasteiger partial charge in [-0.2, -0.15) is 0 Å². The molecule has 88 valence electrons. The van der Waals surface area contributed by atoms with E-state index in [-0.39, 0.29) is 0 Å². The maximum Gasteiger partial charge on any atom is 0.224 e. The van der Waals surface area contributed by atoms with Gasteiger partial charge in [0.2, 0.25) is 5.91 Å². The molecular formula is C12H24N2O. The summed E-state index contributed by atoms with van der Waals surface area (Å²) in [4.78, 5) is 14.1. The SMILES string of the molecule is CCNCCC(=O)N1C(C)CCC1CC. The summed E-state index contributed by atoms with van der Waals surface area (Å²) >= 11 is 0. The first-order chi connectivity index (χ1) is 7.20. The van der Waals surface area contributed by atoms with Gasteiger partial charge in [0.25, 0.3) is 0 Å². The van der Waals surface area contributed by atoms with Crippen molar-refractivity contribution in [3.63, 3.8) is 0 Å². The van der Waals surface area contributed by atoms with Crippen molar-refractivity contribution in [3.8, 4) is 0 Å². The highest BCUT2D eigenvalue weighted by Gasteiger charge is 2.32. The molecule has 3 nitrogen and oxygen atoms in total. The molecule has 0 spiro atoms. The van der Waals surface area contributed by atoms with E-state index in [1.807, 2.05) is 0 Å². The zero-order valence-electron chi connectivity index (χ0n) is 10.3. The monoisotopic (exact) mass is 212 g/mol. The number of carbonyl (C=O) groups excluding carboxylic acids is 1. The Hall–Kier alpha value is -0.570. The second-order valence-corrected chi connectivity index (χ2v) is 4.39. The first-order valence-corrected chi connectivity index (χ1v) is 6.22. The van der Waals surface area contributed by atoms with E-state index in [0.29, 0.717) is 24.4 Å². The highest BCUT2D eigenvalue weighted by atomic mass is 16.2. The van der Waals surface area contributed by atoms with Gasteiger partial charge in [0.15, 0.2) is 0 Å². The Kier molecular flexibility index (Phi) is 5.09. The molecular weight excluding hydrogens is 188 g/mol. The Bertz CT molecular complexity index is 206. The average Bonchev–Trinajstić information content (AvgIpc) is 2.59. The van der Waals surface area contributed by atoms with Crippen molar-refractivity contribution in [2.45, 2.75) is 58.5 Å². The molecule has 2 unspecified atom stereocenters. The fraction of sp³-hybridized carbons (Fsp3) is 0.917.